The molecule has 1 heterocycles. The Hall–Kier alpha value is -1.84. The molecule has 0 amide bonds. The van der Waals surface area contributed by atoms with Gasteiger partial charge in [0, 0.05) is 5.02 Å². The number of fused-ring (bicyclic) bond motifs is 1. The Balaban J connectivity index is 2.04. The van der Waals surface area contributed by atoms with E-state index in [4.69, 9.17) is 16.0 Å². The van der Waals surface area contributed by atoms with Gasteiger partial charge in [0.2, 0.25) is 5.89 Å². The molecule has 0 unspecified atom stereocenters. The van der Waals surface area contributed by atoms with Gasteiger partial charge < -0.3 is 9.52 Å². The van der Waals surface area contributed by atoms with E-state index < -0.39 is 6.10 Å². The van der Waals surface area contributed by atoms with Gasteiger partial charge in [-0.25, -0.2) is 4.98 Å². The van der Waals surface area contributed by atoms with Gasteiger partial charge in [0.25, 0.3) is 0 Å². The third-order valence-electron chi connectivity index (χ3n) is 2.72. The Labute approximate surface area is 109 Å². The van der Waals surface area contributed by atoms with Crippen LogP contribution in [0.4, 0.5) is 0 Å². The van der Waals surface area contributed by atoms with E-state index in [0.717, 1.165) is 5.56 Å². The third kappa shape index (κ3) is 1.98. The molecule has 3 rings (SSSR count). The molecule has 1 atom stereocenters. The first-order chi connectivity index (χ1) is 8.74. The van der Waals surface area contributed by atoms with E-state index in [1.165, 1.54) is 0 Å². The second-order valence-corrected chi connectivity index (χ2v) is 4.41. The number of rotatable bonds is 2. The van der Waals surface area contributed by atoms with Crippen molar-refractivity contribution in [3.05, 3.63) is 65.0 Å². The SMILES string of the molecule is O[C@H](c1ccccc1)c1nc2cc(Cl)ccc2o1. The summed E-state index contributed by atoms with van der Waals surface area (Å²) < 4.78 is 5.52. The molecular formula is C14H10ClNO2. The van der Waals surface area contributed by atoms with Gasteiger partial charge in [-0.1, -0.05) is 41.9 Å². The molecule has 4 heteroatoms. The van der Waals surface area contributed by atoms with Gasteiger partial charge in [-0.15, -0.1) is 0 Å². The van der Waals surface area contributed by atoms with Gasteiger partial charge in [-0.05, 0) is 23.8 Å². The molecule has 0 bridgehead atoms. The van der Waals surface area contributed by atoms with E-state index in [2.05, 4.69) is 4.98 Å². The Kier molecular flexibility index (Phi) is 2.78. The van der Waals surface area contributed by atoms with Crippen LogP contribution in [-0.4, -0.2) is 10.1 Å². The summed E-state index contributed by atoms with van der Waals surface area (Å²) in [6, 6.07) is 14.4. The summed E-state index contributed by atoms with van der Waals surface area (Å²) in [5, 5.41) is 10.8. The molecule has 3 nitrogen and oxygen atoms in total. The Morgan fingerprint density at radius 2 is 1.89 bits per heavy atom. The van der Waals surface area contributed by atoms with E-state index >= 15 is 0 Å². The summed E-state index contributed by atoms with van der Waals surface area (Å²) in [6.07, 6.45) is -0.864. The number of nitrogens with zero attached hydrogens (tertiary/aromatic N) is 1. The van der Waals surface area contributed by atoms with Crippen molar-refractivity contribution < 1.29 is 9.52 Å². The fourth-order valence-electron chi connectivity index (χ4n) is 1.81. The summed E-state index contributed by atoms with van der Waals surface area (Å²) in [7, 11) is 0. The van der Waals surface area contributed by atoms with Gasteiger partial charge in [0.1, 0.15) is 5.52 Å². The second-order valence-electron chi connectivity index (χ2n) is 3.98. The van der Waals surface area contributed by atoms with Crippen molar-refractivity contribution in [1.29, 1.82) is 0 Å². The van der Waals surface area contributed by atoms with Crippen molar-refractivity contribution in [3.63, 3.8) is 0 Å². The molecule has 3 aromatic rings. The molecule has 0 aliphatic rings. The molecule has 1 aromatic heterocycles. The summed E-state index contributed by atoms with van der Waals surface area (Å²) >= 11 is 5.88. The number of aliphatic hydroxyl groups is 1. The summed E-state index contributed by atoms with van der Waals surface area (Å²) in [5.74, 6) is 0.276. The number of aliphatic hydroxyl groups excluding tert-OH is 1. The lowest BCUT2D eigenvalue weighted by Gasteiger charge is -2.05. The van der Waals surface area contributed by atoms with Gasteiger partial charge in [-0.2, -0.15) is 0 Å². The molecule has 0 aliphatic heterocycles. The van der Waals surface area contributed by atoms with Crippen molar-refractivity contribution in [2.75, 3.05) is 0 Å². The number of benzene rings is 2. The zero-order chi connectivity index (χ0) is 12.5. The standard InChI is InChI=1S/C14H10ClNO2/c15-10-6-7-12-11(8-10)16-14(18-12)13(17)9-4-2-1-3-5-9/h1-8,13,17H/t13-/m1/s1. The van der Waals surface area contributed by atoms with Crippen LogP contribution >= 0.6 is 11.6 Å². The quantitative estimate of drug-likeness (QED) is 0.765. The summed E-state index contributed by atoms with van der Waals surface area (Å²) in [4.78, 5) is 4.25. The highest BCUT2D eigenvalue weighted by Gasteiger charge is 2.17. The van der Waals surface area contributed by atoms with Crippen LogP contribution in [0.3, 0.4) is 0 Å². The van der Waals surface area contributed by atoms with Crippen molar-refractivity contribution in [3.8, 4) is 0 Å². The smallest absolute Gasteiger partial charge is 0.228 e. The number of hydrogen-bond donors (Lipinski definition) is 1. The predicted molar refractivity (Wildman–Crippen MR) is 69.5 cm³/mol. The lowest BCUT2D eigenvalue weighted by atomic mass is 10.1. The van der Waals surface area contributed by atoms with Crippen LogP contribution in [-0.2, 0) is 0 Å². The molecule has 90 valence electrons. The van der Waals surface area contributed by atoms with Crippen LogP contribution in [0.15, 0.2) is 52.9 Å². The Morgan fingerprint density at radius 3 is 2.67 bits per heavy atom. The first-order valence-corrected chi connectivity index (χ1v) is 5.91. The van der Waals surface area contributed by atoms with Crippen LogP contribution in [0.2, 0.25) is 5.02 Å². The van der Waals surface area contributed by atoms with E-state index in [1.54, 1.807) is 18.2 Å². The highest BCUT2D eigenvalue weighted by molar-refractivity contribution is 6.31. The lowest BCUT2D eigenvalue weighted by molar-refractivity contribution is 0.185. The number of aromatic nitrogens is 1. The molecule has 2 aromatic carbocycles. The first kappa shape index (κ1) is 11.3. The van der Waals surface area contributed by atoms with Crippen LogP contribution in [0.5, 0.6) is 0 Å². The third-order valence-corrected chi connectivity index (χ3v) is 2.95. The Bertz CT molecular complexity index is 679. The van der Waals surface area contributed by atoms with Crippen LogP contribution in [0.1, 0.15) is 17.6 Å². The summed E-state index contributed by atoms with van der Waals surface area (Å²) in [5.41, 5.74) is 2.01. The van der Waals surface area contributed by atoms with Gasteiger partial charge in [0.05, 0.1) is 0 Å². The lowest BCUT2D eigenvalue weighted by Crippen LogP contribution is -1.99. The van der Waals surface area contributed by atoms with Crippen LogP contribution in [0.25, 0.3) is 11.1 Å². The largest absolute Gasteiger partial charge is 0.437 e. The second kappa shape index (κ2) is 4.44. The van der Waals surface area contributed by atoms with Crippen molar-refractivity contribution in [1.82, 2.24) is 4.98 Å². The fraction of sp³-hybridized carbons (Fsp3) is 0.0714. The molecule has 0 saturated heterocycles. The molecule has 0 aliphatic carbocycles. The highest BCUT2D eigenvalue weighted by atomic mass is 35.5. The highest BCUT2D eigenvalue weighted by Crippen LogP contribution is 2.26. The fourth-order valence-corrected chi connectivity index (χ4v) is 1.98. The molecule has 0 radical (unpaired) electrons. The first-order valence-electron chi connectivity index (χ1n) is 5.53. The minimum Gasteiger partial charge on any atom is -0.437 e. The monoisotopic (exact) mass is 259 g/mol. The van der Waals surface area contributed by atoms with Crippen LogP contribution in [0, 0.1) is 0 Å². The normalized spacial score (nSPS) is 12.8. The Morgan fingerprint density at radius 1 is 1.11 bits per heavy atom. The van der Waals surface area contributed by atoms with E-state index in [0.29, 0.717) is 16.1 Å². The van der Waals surface area contributed by atoms with Crippen molar-refractivity contribution in [2.45, 2.75) is 6.10 Å². The maximum absolute atomic E-state index is 10.2. The molecular weight excluding hydrogens is 250 g/mol. The van der Waals surface area contributed by atoms with E-state index in [1.807, 2.05) is 30.3 Å². The minimum atomic E-state index is -0.864. The van der Waals surface area contributed by atoms with Gasteiger partial charge in [0.15, 0.2) is 11.7 Å². The maximum Gasteiger partial charge on any atom is 0.228 e. The molecule has 0 fully saturated rings. The number of halogens is 1. The van der Waals surface area contributed by atoms with E-state index in [-0.39, 0.29) is 5.89 Å². The zero-order valence-electron chi connectivity index (χ0n) is 9.38. The summed E-state index contributed by atoms with van der Waals surface area (Å²) in [6.45, 7) is 0. The predicted octanol–water partition coefficient (Wildman–Crippen LogP) is 3.56. The van der Waals surface area contributed by atoms with Crippen molar-refractivity contribution in [2.24, 2.45) is 0 Å². The minimum absolute atomic E-state index is 0.276. The maximum atomic E-state index is 10.2. The molecule has 0 spiro atoms. The van der Waals surface area contributed by atoms with Crippen LogP contribution < -0.4 is 0 Å². The molecule has 0 saturated carbocycles. The van der Waals surface area contributed by atoms with Gasteiger partial charge >= 0.3 is 0 Å². The molecule has 18 heavy (non-hydrogen) atoms. The number of hydrogen-bond acceptors (Lipinski definition) is 3. The average molecular weight is 260 g/mol. The molecule has 1 N–H and O–H groups in total. The van der Waals surface area contributed by atoms with Gasteiger partial charge in [-0.3, -0.25) is 0 Å². The number of oxazole rings is 1. The topological polar surface area (TPSA) is 46.3 Å². The van der Waals surface area contributed by atoms with E-state index in [9.17, 15) is 5.11 Å². The van der Waals surface area contributed by atoms with Crippen molar-refractivity contribution >= 4 is 22.7 Å². The zero-order valence-corrected chi connectivity index (χ0v) is 10.1. The average Bonchev–Trinajstić information content (AvgIpc) is 2.81.